The maximum Gasteiger partial charge on any atom is 0.129 e. The molecular formula is C14H20BrN3OS. The highest BCUT2D eigenvalue weighted by atomic mass is 79.9. The highest BCUT2D eigenvalue weighted by molar-refractivity contribution is 9.10. The van der Waals surface area contributed by atoms with Gasteiger partial charge in [0.2, 0.25) is 0 Å². The molecule has 0 aromatic carbocycles. The number of nitrogens with zero attached hydrogens (tertiary/aromatic N) is 2. The minimum Gasteiger partial charge on any atom is -0.496 e. The molecule has 4 nitrogen and oxygen atoms in total. The Morgan fingerprint density at radius 3 is 2.80 bits per heavy atom. The van der Waals surface area contributed by atoms with Gasteiger partial charge in [-0.2, -0.15) is 5.10 Å². The molecule has 2 rings (SSSR count). The van der Waals surface area contributed by atoms with Crippen LogP contribution in [-0.4, -0.2) is 23.4 Å². The number of aromatic nitrogens is 2. The van der Waals surface area contributed by atoms with Crippen molar-refractivity contribution in [2.24, 2.45) is 7.05 Å². The normalized spacial score (nSPS) is 12.7. The average molecular weight is 358 g/mol. The molecule has 6 heteroatoms. The minimum atomic E-state index is 0.278. The summed E-state index contributed by atoms with van der Waals surface area (Å²) >= 11 is 5.37. The summed E-state index contributed by atoms with van der Waals surface area (Å²) in [5.41, 5.74) is 2.24. The van der Waals surface area contributed by atoms with Gasteiger partial charge >= 0.3 is 0 Å². The smallest absolute Gasteiger partial charge is 0.129 e. The molecule has 2 aromatic rings. The van der Waals surface area contributed by atoms with Crippen LogP contribution in [0.4, 0.5) is 0 Å². The third-order valence-corrected chi connectivity index (χ3v) is 5.34. The lowest BCUT2D eigenvalue weighted by molar-refractivity contribution is 0.415. The molecule has 20 heavy (non-hydrogen) atoms. The SMILES string of the molecule is CCNC(Cc1c(Br)c(C)nn1C)c1cc(OC)cs1. The molecule has 0 aliphatic rings. The average Bonchev–Trinajstić information content (AvgIpc) is 2.98. The second kappa shape index (κ2) is 6.74. The van der Waals surface area contributed by atoms with E-state index in [9.17, 15) is 0 Å². The van der Waals surface area contributed by atoms with E-state index in [-0.39, 0.29) is 6.04 Å². The van der Waals surface area contributed by atoms with Crippen LogP contribution >= 0.6 is 27.3 Å². The molecule has 1 unspecified atom stereocenters. The van der Waals surface area contributed by atoms with Crippen molar-refractivity contribution in [2.45, 2.75) is 26.3 Å². The van der Waals surface area contributed by atoms with Crippen molar-refractivity contribution in [1.29, 1.82) is 0 Å². The van der Waals surface area contributed by atoms with Crippen LogP contribution in [0.2, 0.25) is 0 Å². The molecule has 0 radical (unpaired) electrons. The molecule has 110 valence electrons. The first-order valence-electron chi connectivity index (χ1n) is 6.60. The van der Waals surface area contributed by atoms with E-state index in [2.05, 4.69) is 39.3 Å². The van der Waals surface area contributed by atoms with Crippen LogP contribution < -0.4 is 10.1 Å². The summed E-state index contributed by atoms with van der Waals surface area (Å²) in [4.78, 5) is 1.29. The van der Waals surface area contributed by atoms with Crippen LogP contribution in [0.15, 0.2) is 15.9 Å². The molecule has 0 aliphatic carbocycles. The first-order chi connectivity index (χ1) is 9.56. The lowest BCUT2D eigenvalue weighted by atomic mass is 10.1. The Morgan fingerprint density at radius 2 is 2.30 bits per heavy atom. The number of methoxy groups -OCH3 is 1. The van der Waals surface area contributed by atoms with E-state index in [1.54, 1.807) is 18.4 Å². The van der Waals surface area contributed by atoms with Crippen molar-refractivity contribution < 1.29 is 4.74 Å². The molecule has 2 aromatic heterocycles. The number of aryl methyl sites for hydroxylation is 2. The van der Waals surface area contributed by atoms with E-state index < -0.39 is 0 Å². The molecule has 0 saturated heterocycles. The van der Waals surface area contributed by atoms with Gasteiger partial charge in [0, 0.05) is 29.8 Å². The Labute approximate surface area is 132 Å². The van der Waals surface area contributed by atoms with Crippen LogP contribution in [0, 0.1) is 6.92 Å². The zero-order valence-corrected chi connectivity index (χ0v) is 14.6. The predicted octanol–water partition coefficient (Wildman–Crippen LogP) is 3.45. The molecule has 0 spiro atoms. The van der Waals surface area contributed by atoms with Gasteiger partial charge < -0.3 is 10.1 Å². The van der Waals surface area contributed by atoms with Gasteiger partial charge in [0.15, 0.2) is 0 Å². The number of nitrogens with one attached hydrogen (secondary N) is 1. The molecule has 0 aliphatic heterocycles. The topological polar surface area (TPSA) is 39.1 Å². The summed E-state index contributed by atoms with van der Waals surface area (Å²) in [5.74, 6) is 0.924. The minimum absolute atomic E-state index is 0.278. The molecule has 0 saturated carbocycles. The summed E-state index contributed by atoms with van der Waals surface area (Å²) in [6.45, 7) is 5.07. The fraction of sp³-hybridized carbons (Fsp3) is 0.500. The van der Waals surface area contributed by atoms with Crippen molar-refractivity contribution in [2.75, 3.05) is 13.7 Å². The Balaban J connectivity index is 2.25. The number of halogens is 1. The highest BCUT2D eigenvalue weighted by Gasteiger charge is 2.19. The van der Waals surface area contributed by atoms with E-state index in [0.717, 1.165) is 28.9 Å². The van der Waals surface area contributed by atoms with E-state index in [1.165, 1.54) is 10.6 Å². The quantitative estimate of drug-likeness (QED) is 0.860. The van der Waals surface area contributed by atoms with Crippen LogP contribution in [0.1, 0.15) is 29.2 Å². The molecule has 0 fully saturated rings. The second-order valence-corrected chi connectivity index (χ2v) is 6.41. The number of hydrogen-bond acceptors (Lipinski definition) is 4. The van der Waals surface area contributed by atoms with E-state index >= 15 is 0 Å². The van der Waals surface area contributed by atoms with Gasteiger partial charge in [-0.25, -0.2) is 0 Å². The lowest BCUT2D eigenvalue weighted by Crippen LogP contribution is -2.23. The summed E-state index contributed by atoms with van der Waals surface area (Å²) in [5, 5.41) is 10.0. The van der Waals surface area contributed by atoms with Crippen molar-refractivity contribution >= 4 is 27.3 Å². The molecular weight excluding hydrogens is 338 g/mol. The van der Waals surface area contributed by atoms with Crippen molar-refractivity contribution in [3.8, 4) is 5.75 Å². The first kappa shape index (κ1) is 15.5. The molecule has 0 amide bonds. The van der Waals surface area contributed by atoms with Gasteiger partial charge in [-0.1, -0.05) is 6.92 Å². The van der Waals surface area contributed by atoms with Crippen LogP contribution in [-0.2, 0) is 13.5 Å². The summed E-state index contributed by atoms with van der Waals surface area (Å²) in [6.07, 6.45) is 0.898. The van der Waals surface area contributed by atoms with Crippen LogP contribution in [0.5, 0.6) is 5.75 Å². The Kier molecular flexibility index (Phi) is 5.23. The molecule has 1 atom stereocenters. The van der Waals surface area contributed by atoms with Gasteiger partial charge in [-0.15, -0.1) is 11.3 Å². The number of hydrogen-bond donors (Lipinski definition) is 1. The fourth-order valence-electron chi connectivity index (χ4n) is 2.24. The van der Waals surface area contributed by atoms with Crippen LogP contribution in [0.25, 0.3) is 0 Å². The monoisotopic (exact) mass is 357 g/mol. The fourth-order valence-corrected chi connectivity index (χ4v) is 3.67. The third-order valence-electron chi connectivity index (χ3n) is 3.28. The van der Waals surface area contributed by atoms with Crippen molar-refractivity contribution in [1.82, 2.24) is 15.1 Å². The Bertz CT molecular complexity index is 579. The zero-order chi connectivity index (χ0) is 14.7. The second-order valence-electron chi connectivity index (χ2n) is 4.67. The Morgan fingerprint density at radius 1 is 1.55 bits per heavy atom. The lowest BCUT2D eigenvalue weighted by Gasteiger charge is -2.16. The Hall–Kier alpha value is -0.850. The summed E-state index contributed by atoms with van der Waals surface area (Å²) < 4.78 is 8.34. The van der Waals surface area contributed by atoms with Gasteiger partial charge in [-0.3, -0.25) is 4.68 Å². The van der Waals surface area contributed by atoms with Gasteiger partial charge in [-0.05, 0) is 35.5 Å². The number of likely N-dealkylation sites (N-methyl/N-ethyl adjacent to an activating group) is 1. The number of ether oxygens (including phenoxy) is 1. The predicted molar refractivity (Wildman–Crippen MR) is 86.6 cm³/mol. The highest BCUT2D eigenvalue weighted by Crippen LogP contribution is 2.31. The molecule has 0 bridgehead atoms. The van der Waals surface area contributed by atoms with Gasteiger partial charge in [0.25, 0.3) is 0 Å². The van der Waals surface area contributed by atoms with E-state index in [4.69, 9.17) is 4.74 Å². The van der Waals surface area contributed by atoms with Gasteiger partial charge in [0.1, 0.15) is 5.75 Å². The molecule has 1 N–H and O–H groups in total. The third kappa shape index (κ3) is 3.24. The van der Waals surface area contributed by atoms with Gasteiger partial charge in [0.05, 0.1) is 23.0 Å². The van der Waals surface area contributed by atoms with Crippen LogP contribution in [0.3, 0.4) is 0 Å². The maximum atomic E-state index is 5.28. The van der Waals surface area contributed by atoms with Crippen molar-refractivity contribution in [3.05, 3.63) is 32.2 Å². The first-order valence-corrected chi connectivity index (χ1v) is 8.27. The van der Waals surface area contributed by atoms with E-state index in [1.807, 2.05) is 24.0 Å². The maximum absolute atomic E-state index is 5.28. The number of thiophene rings is 1. The van der Waals surface area contributed by atoms with Crippen molar-refractivity contribution in [3.63, 3.8) is 0 Å². The summed E-state index contributed by atoms with van der Waals surface area (Å²) in [6, 6.07) is 2.38. The molecule has 2 heterocycles. The summed E-state index contributed by atoms with van der Waals surface area (Å²) in [7, 11) is 3.69. The largest absolute Gasteiger partial charge is 0.496 e. The zero-order valence-electron chi connectivity index (χ0n) is 12.2. The van der Waals surface area contributed by atoms with E-state index in [0.29, 0.717) is 0 Å². The number of rotatable bonds is 6. The standard InChI is InChI=1S/C14H20BrN3OS/c1-5-16-11(13-6-10(19-4)8-20-13)7-12-14(15)9(2)17-18(12)3/h6,8,11,16H,5,7H2,1-4H3.